The number of aryl methyl sites for hydroxylation is 1. The van der Waals surface area contributed by atoms with Crippen LogP contribution in [0.3, 0.4) is 0 Å². The van der Waals surface area contributed by atoms with Crippen molar-refractivity contribution in [3.05, 3.63) is 59.2 Å². The Morgan fingerprint density at radius 1 is 1.31 bits per heavy atom. The highest BCUT2D eigenvalue weighted by Crippen LogP contribution is 2.26. The van der Waals surface area contributed by atoms with Gasteiger partial charge in [0.2, 0.25) is 5.91 Å². The number of phenols is 1. The summed E-state index contributed by atoms with van der Waals surface area (Å²) in [4.78, 5) is 12.1. The average Bonchev–Trinajstić information content (AvgIpc) is 2.98. The molecule has 26 heavy (non-hydrogen) atoms. The van der Waals surface area contributed by atoms with Gasteiger partial charge in [-0.15, -0.1) is 5.10 Å². The van der Waals surface area contributed by atoms with Gasteiger partial charge in [-0.2, -0.15) is 5.10 Å². The second kappa shape index (κ2) is 8.05. The molecule has 1 saturated heterocycles. The lowest BCUT2D eigenvalue weighted by Crippen LogP contribution is -2.26. The number of carbonyl (C=O) groups is 1. The van der Waals surface area contributed by atoms with Crippen LogP contribution in [0.1, 0.15) is 16.7 Å². The summed E-state index contributed by atoms with van der Waals surface area (Å²) in [6.45, 7) is 2.04. The molecule has 2 N–H and O–H groups in total. The van der Waals surface area contributed by atoms with Crippen molar-refractivity contribution in [2.75, 3.05) is 7.11 Å². The first-order valence-corrected chi connectivity index (χ1v) is 8.95. The molecule has 1 unspecified atom stereocenters. The minimum Gasteiger partial charge on any atom is -0.504 e. The number of aromatic hydroxyl groups is 1. The number of methoxy groups -OCH3 is 1. The Bertz CT molecular complexity index is 880. The van der Waals surface area contributed by atoms with Gasteiger partial charge in [0.15, 0.2) is 16.7 Å². The van der Waals surface area contributed by atoms with Crippen LogP contribution >= 0.6 is 11.8 Å². The van der Waals surface area contributed by atoms with E-state index < -0.39 is 0 Å². The zero-order valence-corrected chi connectivity index (χ0v) is 15.3. The van der Waals surface area contributed by atoms with E-state index in [-0.39, 0.29) is 16.9 Å². The van der Waals surface area contributed by atoms with Gasteiger partial charge < -0.3 is 15.2 Å². The van der Waals surface area contributed by atoms with Crippen molar-refractivity contribution in [3.8, 4) is 11.5 Å². The van der Waals surface area contributed by atoms with E-state index in [4.69, 9.17) is 4.74 Å². The van der Waals surface area contributed by atoms with E-state index in [1.807, 2.05) is 31.2 Å². The van der Waals surface area contributed by atoms with E-state index in [0.717, 1.165) is 11.1 Å². The van der Waals surface area contributed by atoms with E-state index in [1.165, 1.54) is 36.7 Å². The fourth-order valence-corrected chi connectivity index (χ4v) is 3.50. The topological polar surface area (TPSA) is 83.3 Å². The lowest BCUT2D eigenvalue weighted by molar-refractivity contribution is -0.118. The molecule has 1 aliphatic rings. The van der Waals surface area contributed by atoms with Crippen LogP contribution in [0, 0.1) is 6.92 Å². The summed E-state index contributed by atoms with van der Waals surface area (Å²) in [6, 6.07) is 12.9. The number of nitrogens with zero attached hydrogens (tertiary/aromatic N) is 2. The summed E-state index contributed by atoms with van der Waals surface area (Å²) in [5.41, 5.74) is 3.06. The van der Waals surface area contributed by atoms with Gasteiger partial charge in [-0.3, -0.25) is 4.79 Å². The van der Waals surface area contributed by atoms with Gasteiger partial charge in [-0.05, 0) is 48.2 Å². The van der Waals surface area contributed by atoms with Crippen LogP contribution in [-0.4, -0.2) is 34.8 Å². The predicted molar refractivity (Wildman–Crippen MR) is 104 cm³/mol. The number of hydrogen-bond acceptors (Lipinski definition) is 6. The quantitative estimate of drug-likeness (QED) is 0.627. The summed E-state index contributed by atoms with van der Waals surface area (Å²) >= 11 is 1.38. The van der Waals surface area contributed by atoms with Crippen LogP contribution in [0.2, 0.25) is 0 Å². The van der Waals surface area contributed by atoms with Gasteiger partial charge in [-0.25, -0.2) is 0 Å². The number of nitrogens with one attached hydrogen (secondary N) is 1. The van der Waals surface area contributed by atoms with E-state index in [0.29, 0.717) is 17.3 Å². The molecule has 2 aromatic carbocycles. The molecule has 1 heterocycles. The third kappa shape index (κ3) is 4.23. The van der Waals surface area contributed by atoms with Gasteiger partial charge in [-0.1, -0.05) is 36.0 Å². The van der Waals surface area contributed by atoms with Crippen LogP contribution < -0.4 is 10.1 Å². The number of benzene rings is 2. The lowest BCUT2D eigenvalue weighted by atomic mass is 10.0. The van der Waals surface area contributed by atoms with Gasteiger partial charge in [0.1, 0.15) is 0 Å². The molecular weight excluding hydrogens is 350 g/mol. The summed E-state index contributed by atoms with van der Waals surface area (Å²) < 4.78 is 5.05. The molecule has 0 bridgehead atoms. The molecule has 1 fully saturated rings. The number of thioether (sulfide) groups is 1. The molecular formula is C19H19N3O3S. The molecule has 1 atom stereocenters. The Labute approximate surface area is 156 Å². The first-order valence-electron chi connectivity index (χ1n) is 8.07. The minimum absolute atomic E-state index is 0.0569. The largest absolute Gasteiger partial charge is 0.504 e. The molecule has 134 valence electrons. The van der Waals surface area contributed by atoms with Crippen molar-refractivity contribution in [2.24, 2.45) is 10.2 Å². The highest BCUT2D eigenvalue weighted by Gasteiger charge is 2.30. The molecule has 1 aliphatic heterocycles. The zero-order valence-electron chi connectivity index (χ0n) is 14.5. The highest BCUT2D eigenvalue weighted by atomic mass is 32.2. The van der Waals surface area contributed by atoms with E-state index in [9.17, 15) is 9.90 Å². The average molecular weight is 369 g/mol. The standard InChI is InChI=1S/C19H19N3O3S/c1-12-5-3-4-6-14(12)10-17-18(24)21-19(26-17)22-20-11-13-7-8-15(23)16(9-13)25-2/h3-9,11,17,23H,10H2,1-2H3,(H,21,22,24)/b20-11+. The smallest absolute Gasteiger partial charge is 0.239 e. The first-order chi connectivity index (χ1) is 12.6. The van der Waals surface area contributed by atoms with Gasteiger partial charge >= 0.3 is 0 Å². The zero-order chi connectivity index (χ0) is 18.5. The molecule has 0 spiro atoms. The molecule has 1 amide bonds. The Morgan fingerprint density at radius 2 is 2.12 bits per heavy atom. The van der Waals surface area contributed by atoms with E-state index in [2.05, 4.69) is 15.5 Å². The van der Waals surface area contributed by atoms with Gasteiger partial charge in [0.25, 0.3) is 0 Å². The maximum atomic E-state index is 12.1. The molecule has 0 saturated carbocycles. The van der Waals surface area contributed by atoms with Crippen LogP contribution in [0.15, 0.2) is 52.7 Å². The second-order valence-electron chi connectivity index (χ2n) is 5.81. The Balaban J connectivity index is 1.65. The van der Waals surface area contributed by atoms with Crippen molar-refractivity contribution in [2.45, 2.75) is 18.6 Å². The number of rotatable bonds is 5. The fourth-order valence-electron chi connectivity index (χ4n) is 2.55. The van der Waals surface area contributed by atoms with Crippen LogP contribution in [0.25, 0.3) is 0 Å². The number of amidine groups is 1. The summed E-state index contributed by atoms with van der Waals surface area (Å²) in [6.07, 6.45) is 2.19. The summed E-state index contributed by atoms with van der Waals surface area (Å²) in [7, 11) is 1.48. The molecule has 0 aliphatic carbocycles. The Kier molecular flexibility index (Phi) is 5.58. The maximum absolute atomic E-state index is 12.1. The maximum Gasteiger partial charge on any atom is 0.239 e. The second-order valence-corrected chi connectivity index (χ2v) is 7.00. The van der Waals surface area contributed by atoms with Crippen molar-refractivity contribution < 1.29 is 14.6 Å². The number of amides is 1. The molecule has 3 rings (SSSR count). The first kappa shape index (κ1) is 18.0. The van der Waals surface area contributed by atoms with Crippen molar-refractivity contribution in [3.63, 3.8) is 0 Å². The normalized spacial score (nSPS) is 18.5. The molecule has 0 radical (unpaired) electrons. The van der Waals surface area contributed by atoms with Gasteiger partial charge in [0.05, 0.1) is 18.6 Å². The van der Waals surface area contributed by atoms with Gasteiger partial charge in [0, 0.05) is 0 Å². The third-order valence-electron chi connectivity index (χ3n) is 4.00. The molecule has 7 heteroatoms. The number of carbonyl (C=O) groups excluding carboxylic acids is 1. The van der Waals surface area contributed by atoms with E-state index in [1.54, 1.807) is 12.1 Å². The van der Waals surface area contributed by atoms with Crippen molar-refractivity contribution in [1.82, 2.24) is 5.32 Å². The van der Waals surface area contributed by atoms with Crippen LogP contribution in [0.5, 0.6) is 11.5 Å². The Morgan fingerprint density at radius 3 is 2.88 bits per heavy atom. The highest BCUT2D eigenvalue weighted by molar-refractivity contribution is 8.15. The number of phenolic OH excluding ortho intramolecular Hbond substituents is 1. The predicted octanol–water partition coefficient (Wildman–Crippen LogP) is 2.87. The van der Waals surface area contributed by atoms with Crippen molar-refractivity contribution in [1.29, 1.82) is 0 Å². The minimum atomic E-state index is -0.209. The molecule has 0 aromatic heterocycles. The van der Waals surface area contributed by atoms with Crippen LogP contribution in [-0.2, 0) is 11.2 Å². The molecule has 6 nitrogen and oxygen atoms in total. The SMILES string of the molecule is COc1cc(/C=N/N=C2\NC(=O)C(Cc3ccccc3C)S2)ccc1O. The third-order valence-corrected chi connectivity index (χ3v) is 5.07. The van der Waals surface area contributed by atoms with Crippen LogP contribution in [0.4, 0.5) is 0 Å². The number of ether oxygens (including phenoxy) is 1. The Hall–Kier alpha value is -2.80. The summed E-state index contributed by atoms with van der Waals surface area (Å²) in [5.74, 6) is 0.371. The molecule has 2 aromatic rings. The monoisotopic (exact) mass is 369 g/mol. The fraction of sp³-hybridized carbons (Fsp3) is 0.211. The lowest BCUT2D eigenvalue weighted by Gasteiger charge is -2.07. The van der Waals surface area contributed by atoms with E-state index >= 15 is 0 Å². The summed E-state index contributed by atoms with van der Waals surface area (Å²) in [5, 5.41) is 20.7. The number of hydrogen-bond donors (Lipinski definition) is 2. The van der Waals surface area contributed by atoms with Crippen molar-refractivity contribution >= 4 is 29.1 Å².